The maximum absolute atomic E-state index is 6.12. The van der Waals surface area contributed by atoms with Gasteiger partial charge < -0.3 is 14.5 Å². The van der Waals surface area contributed by atoms with Crippen LogP contribution in [0.2, 0.25) is 0 Å². The average molecular weight is 325 g/mol. The lowest BCUT2D eigenvalue weighted by molar-refractivity contribution is -0.0521. The first-order valence-corrected chi connectivity index (χ1v) is 9.98. The molecule has 0 spiro atoms. The van der Waals surface area contributed by atoms with Crippen LogP contribution in [0.1, 0.15) is 59.8 Å². The molecular weight excluding hydrogens is 284 g/mol. The Balaban J connectivity index is 1.49. The molecule has 2 aliphatic rings. The Bertz CT molecular complexity index is 318. The second-order valence-electron chi connectivity index (χ2n) is 8.88. The topological polar surface area (TPSA) is 15.7 Å². The summed E-state index contributed by atoms with van der Waals surface area (Å²) in [6.45, 7) is 15.3. The lowest BCUT2D eigenvalue weighted by Gasteiger charge is -2.42. The van der Waals surface area contributed by atoms with E-state index < -0.39 is 0 Å². The average Bonchev–Trinajstić information content (AvgIpc) is 2.41. The number of ether oxygens (including phenoxy) is 1. The number of hydrogen-bond acceptors (Lipinski definition) is 3. The van der Waals surface area contributed by atoms with Gasteiger partial charge in [0.05, 0.1) is 6.10 Å². The van der Waals surface area contributed by atoms with Gasteiger partial charge in [0.2, 0.25) is 0 Å². The smallest absolute Gasteiger partial charge is 0.0605 e. The molecule has 0 aromatic rings. The van der Waals surface area contributed by atoms with Crippen molar-refractivity contribution in [2.75, 3.05) is 39.8 Å². The minimum Gasteiger partial charge on any atom is -0.378 e. The summed E-state index contributed by atoms with van der Waals surface area (Å²) >= 11 is 0. The second-order valence-corrected chi connectivity index (χ2v) is 8.88. The van der Waals surface area contributed by atoms with Gasteiger partial charge in [-0.1, -0.05) is 27.7 Å². The van der Waals surface area contributed by atoms with Crippen LogP contribution >= 0.6 is 0 Å². The number of nitrogens with zero attached hydrogens (tertiary/aromatic N) is 2. The van der Waals surface area contributed by atoms with E-state index in [1.807, 2.05) is 0 Å². The van der Waals surface area contributed by atoms with Crippen molar-refractivity contribution in [3.05, 3.63) is 0 Å². The van der Waals surface area contributed by atoms with Crippen molar-refractivity contribution in [2.24, 2.45) is 17.8 Å². The van der Waals surface area contributed by atoms with Gasteiger partial charge in [-0.25, -0.2) is 0 Å². The Morgan fingerprint density at radius 1 is 1.04 bits per heavy atom. The number of rotatable bonds is 9. The number of piperidine rings is 1. The first-order valence-electron chi connectivity index (χ1n) is 9.98. The van der Waals surface area contributed by atoms with Crippen molar-refractivity contribution >= 4 is 0 Å². The quantitative estimate of drug-likeness (QED) is 0.640. The van der Waals surface area contributed by atoms with Crippen molar-refractivity contribution in [2.45, 2.75) is 71.9 Å². The molecule has 0 aromatic heterocycles. The number of hydrogen-bond donors (Lipinski definition) is 0. The SMILES string of the molecule is CC(C)CN1CCC(CCOC2CC(N(C)CC(C)C)C2)CC1. The molecule has 1 aliphatic carbocycles. The van der Waals surface area contributed by atoms with Gasteiger partial charge in [0.15, 0.2) is 0 Å². The van der Waals surface area contributed by atoms with Gasteiger partial charge in [0.1, 0.15) is 0 Å². The van der Waals surface area contributed by atoms with Gasteiger partial charge in [-0.2, -0.15) is 0 Å². The highest BCUT2D eigenvalue weighted by Crippen LogP contribution is 2.29. The van der Waals surface area contributed by atoms with Crippen LogP contribution < -0.4 is 0 Å². The third-order valence-corrected chi connectivity index (χ3v) is 5.56. The Morgan fingerprint density at radius 2 is 1.70 bits per heavy atom. The molecule has 1 saturated carbocycles. The van der Waals surface area contributed by atoms with Gasteiger partial charge in [0.25, 0.3) is 0 Å². The predicted molar refractivity (Wildman–Crippen MR) is 98.8 cm³/mol. The van der Waals surface area contributed by atoms with Gasteiger partial charge in [-0.15, -0.1) is 0 Å². The zero-order valence-corrected chi connectivity index (χ0v) is 16.3. The standard InChI is InChI=1S/C20H40N2O/c1-16(2)14-21(5)19-12-20(13-19)23-11-8-18-6-9-22(10-7-18)15-17(3)4/h16-20H,6-15H2,1-5H3. The molecular formula is C20H40N2O. The van der Waals surface area contributed by atoms with Crippen molar-refractivity contribution in [1.82, 2.24) is 9.80 Å². The molecule has 2 fully saturated rings. The summed E-state index contributed by atoms with van der Waals surface area (Å²) in [5.74, 6) is 2.47. The van der Waals surface area contributed by atoms with Crippen LogP contribution in [-0.4, -0.2) is 61.8 Å². The molecule has 0 bridgehead atoms. The molecule has 0 N–H and O–H groups in total. The lowest BCUT2D eigenvalue weighted by atomic mass is 9.87. The van der Waals surface area contributed by atoms with E-state index in [9.17, 15) is 0 Å². The van der Waals surface area contributed by atoms with Crippen LogP contribution in [-0.2, 0) is 4.74 Å². The molecule has 0 unspecified atom stereocenters. The third-order valence-electron chi connectivity index (χ3n) is 5.56. The predicted octanol–water partition coefficient (Wildman–Crippen LogP) is 3.88. The van der Waals surface area contributed by atoms with Crippen LogP contribution in [0.4, 0.5) is 0 Å². The van der Waals surface area contributed by atoms with E-state index in [2.05, 4.69) is 44.5 Å². The van der Waals surface area contributed by atoms with Crippen LogP contribution in [0.5, 0.6) is 0 Å². The molecule has 1 aliphatic heterocycles. The molecule has 3 nitrogen and oxygen atoms in total. The Labute approximate surface area is 144 Å². The highest BCUT2D eigenvalue weighted by Gasteiger charge is 2.32. The molecule has 0 radical (unpaired) electrons. The fourth-order valence-electron chi connectivity index (χ4n) is 4.13. The Hall–Kier alpha value is -0.120. The monoisotopic (exact) mass is 324 g/mol. The van der Waals surface area contributed by atoms with E-state index in [0.29, 0.717) is 6.10 Å². The zero-order valence-electron chi connectivity index (χ0n) is 16.3. The van der Waals surface area contributed by atoms with E-state index >= 15 is 0 Å². The summed E-state index contributed by atoms with van der Waals surface area (Å²) in [6, 6.07) is 0.765. The second kappa shape index (κ2) is 9.39. The van der Waals surface area contributed by atoms with Crippen molar-refractivity contribution in [3.8, 4) is 0 Å². The molecule has 2 rings (SSSR count). The lowest BCUT2D eigenvalue weighted by Crippen LogP contribution is -2.47. The van der Waals surface area contributed by atoms with Crippen LogP contribution in [0, 0.1) is 17.8 Å². The van der Waals surface area contributed by atoms with E-state index in [0.717, 1.165) is 30.4 Å². The van der Waals surface area contributed by atoms with Gasteiger partial charge in [-0.05, 0) is 70.0 Å². The Morgan fingerprint density at radius 3 is 2.26 bits per heavy atom. The van der Waals surface area contributed by atoms with Gasteiger partial charge in [-0.3, -0.25) is 0 Å². The van der Waals surface area contributed by atoms with Crippen LogP contribution in [0.25, 0.3) is 0 Å². The van der Waals surface area contributed by atoms with Gasteiger partial charge in [0, 0.05) is 25.7 Å². The summed E-state index contributed by atoms with van der Waals surface area (Å²) < 4.78 is 6.12. The molecule has 3 heteroatoms. The maximum atomic E-state index is 6.12. The van der Waals surface area contributed by atoms with Gasteiger partial charge >= 0.3 is 0 Å². The number of likely N-dealkylation sites (tertiary alicyclic amines) is 1. The normalized spacial score (nSPS) is 27.1. The van der Waals surface area contributed by atoms with E-state index in [1.165, 1.54) is 58.3 Å². The summed E-state index contributed by atoms with van der Waals surface area (Å²) in [5, 5.41) is 0. The highest BCUT2D eigenvalue weighted by molar-refractivity contribution is 4.87. The van der Waals surface area contributed by atoms with E-state index in [4.69, 9.17) is 4.74 Å². The largest absolute Gasteiger partial charge is 0.378 e. The molecule has 1 heterocycles. The zero-order chi connectivity index (χ0) is 16.8. The molecule has 0 amide bonds. The van der Waals surface area contributed by atoms with Crippen molar-refractivity contribution in [3.63, 3.8) is 0 Å². The summed E-state index contributed by atoms with van der Waals surface area (Å²) in [6.07, 6.45) is 7.06. The minimum atomic E-state index is 0.538. The molecule has 0 atom stereocenters. The Kier molecular flexibility index (Phi) is 7.84. The third kappa shape index (κ3) is 6.72. The first kappa shape index (κ1) is 19.2. The fraction of sp³-hybridized carbons (Fsp3) is 1.00. The fourth-order valence-corrected chi connectivity index (χ4v) is 4.13. The molecule has 136 valence electrons. The first-order chi connectivity index (χ1) is 10.9. The highest BCUT2D eigenvalue weighted by atomic mass is 16.5. The van der Waals surface area contributed by atoms with E-state index in [-0.39, 0.29) is 0 Å². The molecule has 23 heavy (non-hydrogen) atoms. The summed E-state index contributed by atoms with van der Waals surface area (Å²) in [4.78, 5) is 5.16. The maximum Gasteiger partial charge on any atom is 0.0605 e. The van der Waals surface area contributed by atoms with Crippen molar-refractivity contribution in [1.29, 1.82) is 0 Å². The van der Waals surface area contributed by atoms with Crippen LogP contribution in [0.15, 0.2) is 0 Å². The summed E-state index contributed by atoms with van der Waals surface area (Å²) in [5.41, 5.74) is 0. The minimum absolute atomic E-state index is 0.538. The summed E-state index contributed by atoms with van der Waals surface area (Å²) in [7, 11) is 2.27. The molecule has 0 aromatic carbocycles. The van der Waals surface area contributed by atoms with E-state index in [1.54, 1.807) is 0 Å². The molecule has 1 saturated heterocycles. The van der Waals surface area contributed by atoms with Crippen LogP contribution in [0.3, 0.4) is 0 Å². The van der Waals surface area contributed by atoms with Crippen molar-refractivity contribution < 1.29 is 4.74 Å².